The zero-order valence-corrected chi connectivity index (χ0v) is 13.7. The van der Waals surface area contributed by atoms with Crippen molar-refractivity contribution >= 4 is 27.8 Å². The van der Waals surface area contributed by atoms with E-state index in [1.54, 1.807) is 11.8 Å². The maximum atomic E-state index is 11.8. The molecule has 1 atom stereocenters. The minimum atomic E-state index is -4.34. The van der Waals surface area contributed by atoms with Crippen LogP contribution in [0.1, 0.15) is 40.5 Å². The first-order chi connectivity index (χ1) is 8.64. The molecule has 0 rings (SSSR count). The molecular formula is C12H25NO4S2. The topological polar surface area (TPSA) is 83.5 Å². The summed E-state index contributed by atoms with van der Waals surface area (Å²) in [6.07, 6.45) is 0.917. The van der Waals surface area contributed by atoms with Gasteiger partial charge >= 0.3 is 0 Å². The Labute approximate surface area is 120 Å². The van der Waals surface area contributed by atoms with Gasteiger partial charge in [-0.2, -0.15) is 20.2 Å². The smallest absolute Gasteiger partial charge is 0.276 e. The predicted octanol–water partition coefficient (Wildman–Crippen LogP) is 1.94. The third kappa shape index (κ3) is 9.29. The van der Waals surface area contributed by atoms with E-state index in [-0.39, 0.29) is 6.42 Å². The Kier molecular flexibility index (Phi) is 8.69. The molecule has 0 fully saturated rings. The second-order valence-electron chi connectivity index (χ2n) is 5.19. The molecule has 0 heterocycles. The summed E-state index contributed by atoms with van der Waals surface area (Å²) in [5.74, 6) is 0.355. The molecule has 0 saturated heterocycles. The summed E-state index contributed by atoms with van der Waals surface area (Å²) in [6, 6.07) is 0. The van der Waals surface area contributed by atoms with Gasteiger partial charge in [0.1, 0.15) is 0 Å². The molecule has 114 valence electrons. The molecule has 1 amide bonds. The lowest BCUT2D eigenvalue weighted by atomic mass is 10.1. The van der Waals surface area contributed by atoms with Crippen LogP contribution < -0.4 is 5.32 Å². The van der Waals surface area contributed by atoms with Crippen molar-refractivity contribution in [2.45, 2.75) is 51.0 Å². The van der Waals surface area contributed by atoms with Crippen LogP contribution in [0.5, 0.6) is 0 Å². The van der Waals surface area contributed by atoms with E-state index in [0.717, 1.165) is 6.42 Å². The summed E-state index contributed by atoms with van der Waals surface area (Å²) in [7, 11) is -4.34. The Morgan fingerprint density at radius 1 is 1.21 bits per heavy atom. The molecule has 0 aliphatic heterocycles. The quantitative estimate of drug-likeness (QED) is 0.636. The Morgan fingerprint density at radius 2 is 1.79 bits per heavy atom. The van der Waals surface area contributed by atoms with Gasteiger partial charge in [0.05, 0.1) is 0 Å². The monoisotopic (exact) mass is 311 g/mol. The van der Waals surface area contributed by atoms with E-state index in [2.05, 4.69) is 5.32 Å². The van der Waals surface area contributed by atoms with E-state index in [0.29, 0.717) is 23.5 Å². The normalized spacial score (nSPS) is 13.8. The molecule has 0 spiro atoms. The van der Waals surface area contributed by atoms with E-state index in [1.807, 2.05) is 27.7 Å². The van der Waals surface area contributed by atoms with Gasteiger partial charge < -0.3 is 5.32 Å². The molecule has 0 saturated carbocycles. The van der Waals surface area contributed by atoms with Crippen LogP contribution in [0, 0.1) is 5.92 Å². The summed E-state index contributed by atoms with van der Waals surface area (Å²) in [5.41, 5.74) is 0. The van der Waals surface area contributed by atoms with Gasteiger partial charge in [-0.1, -0.05) is 27.7 Å². The molecule has 0 bridgehead atoms. The van der Waals surface area contributed by atoms with Crippen molar-refractivity contribution < 1.29 is 17.8 Å². The van der Waals surface area contributed by atoms with Crippen LogP contribution in [0.3, 0.4) is 0 Å². The molecule has 1 unspecified atom stereocenters. The summed E-state index contributed by atoms with van der Waals surface area (Å²) in [4.78, 5) is 11.8. The number of carbonyl (C=O) groups is 1. The van der Waals surface area contributed by atoms with Crippen molar-refractivity contribution in [3.05, 3.63) is 0 Å². The van der Waals surface area contributed by atoms with Gasteiger partial charge in [-0.25, -0.2) is 0 Å². The Balaban J connectivity index is 4.38. The zero-order valence-electron chi connectivity index (χ0n) is 12.0. The summed E-state index contributed by atoms with van der Waals surface area (Å²) in [5, 5.41) is 1.58. The molecule has 0 aromatic rings. The van der Waals surface area contributed by atoms with E-state index in [4.69, 9.17) is 4.55 Å². The van der Waals surface area contributed by atoms with Crippen LogP contribution in [0.4, 0.5) is 0 Å². The predicted molar refractivity (Wildman–Crippen MR) is 80.0 cm³/mol. The first-order valence-electron chi connectivity index (χ1n) is 6.50. The minimum absolute atomic E-state index is 0.134. The van der Waals surface area contributed by atoms with Crippen molar-refractivity contribution in [3.8, 4) is 0 Å². The van der Waals surface area contributed by atoms with Gasteiger partial charge in [-0.05, 0) is 29.8 Å². The number of amides is 1. The Hall–Kier alpha value is -0.270. The summed E-state index contributed by atoms with van der Waals surface area (Å²) >= 11 is 1.57. The number of thioether (sulfide) groups is 1. The SMILES string of the molecule is CC(C)CCNC(=O)C(CCSC(C)C)S(=O)(=O)O. The third-order valence-corrected chi connectivity index (χ3v) is 4.81. The average molecular weight is 311 g/mol. The molecule has 2 N–H and O–H groups in total. The number of hydrogen-bond acceptors (Lipinski definition) is 4. The van der Waals surface area contributed by atoms with Crippen LogP contribution in [0.2, 0.25) is 0 Å². The highest BCUT2D eigenvalue weighted by molar-refractivity contribution is 7.99. The van der Waals surface area contributed by atoms with Crippen molar-refractivity contribution in [2.75, 3.05) is 12.3 Å². The van der Waals surface area contributed by atoms with Gasteiger partial charge in [-0.3, -0.25) is 9.35 Å². The van der Waals surface area contributed by atoms with E-state index >= 15 is 0 Å². The van der Waals surface area contributed by atoms with Gasteiger partial charge in [-0.15, -0.1) is 0 Å². The molecule has 0 aliphatic carbocycles. The highest BCUT2D eigenvalue weighted by Gasteiger charge is 2.30. The Morgan fingerprint density at radius 3 is 2.21 bits per heavy atom. The van der Waals surface area contributed by atoms with Crippen LogP contribution in [-0.4, -0.2) is 41.7 Å². The number of nitrogens with one attached hydrogen (secondary N) is 1. The molecule has 19 heavy (non-hydrogen) atoms. The molecule has 5 nitrogen and oxygen atoms in total. The largest absolute Gasteiger partial charge is 0.355 e. The standard InChI is InChI=1S/C12H25NO4S2/c1-9(2)5-7-13-12(14)11(19(15,16)17)6-8-18-10(3)4/h9-11H,5-8H2,1-4H3,(H,13,14)(H,15,16,17). The second kappa shape index (κ2) is 8.81. The Bertz CT molecular complexity index is 366. The van der Waals surface area contributed by atoms with Crippen LogP contribution in [-0.2, 0) is 14.9 Å². The first kappa shape index (κ1) is 18.7. The highest BCUT2D eigenvalue weighted by Crippen LogP contribution is 2.15. The van der Waals surface area contributed by atoms with Crippen LogP contribution in [0.15, 0.2) is 0 Å². The molecule has 0 aliphatic rings. The number of rotatable bonds is 9. The van der Waals surface area contributed by atoms with Crippen LogP contribution in [0.25, 0.3) is 0 Å². The fraction of sp³-hybridized carbons (Fsp3) is 0.917. The summed E-state index contributed by atoms with van der Waals surface area (Å²) in [6.45, 7) is 8.46. The maximum Gasteiger partial charge on any atom is 0.276 e. The molecule has 0 radical (unpaired) electrons. The first-order valence-corrected chi connectivity index (χ1v) is 9.05. The minimum Gasteiger partial charge on any atom is -0.355 e. The van der Waals surface area contributed by atoms with Crippen molar-refractivity contribution in [2.24, 2.45) is 5.92 Å². The molecule has 7 heteroatoms. The zero-order chi connectivity index (χ0) is 15.1. The lowest BCUT2D eigenvalue weighted by Crippen LogP contribution is -2.40. The maximum absolute atomic E-state index is 11.8. The number of hydrogen-bond donors (Lipinski definition) is 2. The van der Waals surface area contributed by atoms with E-state index < -0.39 is 21.3 Å². The fourth-order valence-electron chi connectivity index (χ4n) is 1.42. The molecule has 0 aromatic heterocycles. The van der Waals surface area contributed by atoms with Crippen molar-refractivity contribution in [1.82, 2.24) is 5.32 Å². The van der Waals surface area contributed by atoms with Crippen molar-refractivity contribution in [1.29, 1.82) is 0 Å². The third-order valence-electron chi connectivity index (χ3n) is 2.50. The average Bonchev–Trinajstić information content (AvgIpc) is 2.21. The van der Waals surface area contributed by atoms with E-state index in [1.165, 1.54) is 0 Å². The molecular weight excluding hydrogens is 286 g/mol. The second-order valence-corrected chi connectivity index (χ2v) is 8.47. The molecule has 0 aromatic carbocycles. The van der Waals surface area contributed by atoms with Crippen LogP contribution >= 0.6 is 11.8 Å². The van der Waals surface area contributed by atoms with E-state index in [9.17, 15) is 13.2 Å². The highest BCUT2D eigenvalue weighted by atomic mass is 32.2. The lowest BCUT2D eigenvalue weighted by Gasteiger charge is -2.15. The fourth-order valence-corrected chi connectivity index (χ4v) is 3.19. The van der Waals surface area contributed by atoms with Gasteiger partial charge in [0.2, 0.25) is 5.91 Å². The number of carbonyl (C=O) groups excluding carboxylic acids is 1. The van der Waals surface area contributed by atoms with Crippen molar-refractivity contribution in [3.63, 3.8) is 0 Å². The van der Waals surface area contributed by atoms with Gasteiger partial charge in [0.25, 0.3) is 10.1 Å². The lowest BCUT2D eigenvalue weighted by molar-refractivity contribution is -0.120. The summed E-state index contributed by atoms with van der Waals surface area (Å²) < 4.78 is 31.6. The van der Waals surface area contributed by atoms with Gasteiger partial charge in [0, 0.05) is 6.54 Å². The van der Waals surface area contributed by atoms with Gasteiger partial charge in [0.15, 0.2) is 5.25 Å².